The second kappa shape index (κ2) is 9.77. The highest BCUT2D eigenvalue weighted by Gasteiger charge is 2.21. The number of hydrogen-bond acceptors (Lipinski definition) is 7. The van der Waals surface area contributed by atoms with Crippen molar-refractivity contribution >= 4 is 29.7 Å². The minimum atomic E-state index is -0.621. The summed E-state index contributed by atoms with van der Waals surface area (Å²) < 4.78 is 16.0. The van der Waals surface area contributed by atoms with Gasteiger partial charge in [-0.2, -0.15) is 0 Å². The molecule has 0 aliphatic carbocycles. The van der Waals surface area contributed by atoms with Gasteiger partial charge in [0.2, 0.25) is 5.91 Å². The molecule has 3 amide bonds. The molecule has 0 saturated heterocycles. The number of rotatable bonds is 7. The van der Waals surface area contributed by atoms with E-state index in [9.17, 15) is 14.4 Å². The van der Waals surface area contributed by atoms with E-state index in [4.69, 9.17) is 14.2 Å². The van der Waals surface area contributed by atoms with E-state index in [1.165, 1.54) is 0 Å². The van der Waals surface area contributed by atoms with Crippen molar-refractivity contribution in [1.82, 2.24) is 10.6 Å². The average molecular weight is 368 g/mol. The molecule has 1 unspecified atom stereocenters. The summed E-state index contributed by atoms with van der Waals surface area (Å²) in [6.07, 6.45) is -0.339. The number of amides is 3. The molecule has 0 saturated carbocycles. The Morgan fingerprint density at radius 2 is 2.00 bits per heavy atom. The molecule has 0 radical (unpaired) electrons. The topological polar surface area (TPSA) is 103 Å². The van der Waals surface area contributed by atoms with E-state index in [1.807, 2.05) is 12.1 Å². The summed E-state index contributed by atoms with van der Waals surface area (Å²) in [5.74, 6) is 0.458. The van der Waals surface area contributed by atoms with Crippen molar-refractivity contribution in [3.63, 3.8) is 0 Å². The zero-order chi connectivity index (χ0) is 18.1. The predicted molar refractivity (Wildman–Crippen MR) is 91.9 cm³/mol. The van der Waals surface area contributed by atoms with E-state index in [0.717, 1.165) is 11.8 Å². The largest absolute Gasteiger partial charge is 0.486 e. The maximum absolute atomic E-state index is 11.7. The average Bonchev–Trinajstić information content (AvgIpc) is 2.60. The number of imide groups is 1. The number of hydrogen-bond donors (Lipinski definition) is 2. The van der Waals surface area contributed by atoms with Crippen molar-refractivity contribution in [3.05, 3.63) is 24.3 Å². The van der Waals surface area contributed by atoms with E-state index in [-0.39, 0.29) is 30.1 Å². The Morgan fingerprint density at radius 3 is 2.76 bits per heavy atom. The molecule has 0 spiro atoms. The monoisotopic (exact) mass is 368 g/mol. The van der Waals surface area contributed by atoms with Gasteiger partial charge in [0, 0.05) is 0 Å². The van der Waals surface area contributed by atoms with Gasteiger partial charge in [0.05, 0.1) is 24.7 Å². The van der Waals surface area contributed by atoms with Crippen LogP contribution in [-0.4, -0.2) is 55.3 Å². The van der Waals surface area contributed by atoms with E-state index in [0.29, 0.717) is 24.7 Å². The van der Waals surface area contributed by atoms with Gasteiger partial charge in [0.25, 0.3) is 0 Å². The predicted octanol–water partition coefficient (Wildman–Crippen LogP) is 0.949. The summed E-state index contributed by atoms with van der Waals surface area (Å²) in [6, 6.07) is 6.64. The molecule has 2 N–H and O–H groups in total. The number of nitrogens with one attached hydrogen (secondary N) is 2. The Balaban J connectivity index is 1.62. The van der Waals surface area contributed by atoms with Gasteiger partial charge >= 0.3 is 12.0 Å². The van der Waals surface area contributed by atoms with Crippen LogP contribution >= 0.6 is 11.8 Å². The zero-order valence-corrected chi connectivity index (χ0v) is 14.6. The number of thioether (sulfide) groups is 1. The van der Waals surface area contributed by atoms with Crippen LogP contribution in [0.25, 0.3) is 0 Å². The second-order valence-electron chi connectivity index (χ2n) is 5.05. The van der Waals surface area contributed by atoms with Crippen LogP contribution in [0.1, 0.15) is 6.92 Å². The molecular weight excluding hydrogens is 348 g/mol. The lowest BCUT2D eigenvalue weighted by Gasteiger charge is -2.26. The molecule has 25 heavy (non-hydrogen) atoms. The third-order valence-corrected chi connectivity index (χ3v) is 3.98. The lowest BCUT2D eigenvalue weighted by molar-refractivity contribution is -0.139. The Bertz CT molecular complexity index is 624. The summed E-state index contributed by atoms with van der Waals surface area (Å²) in [5, 5.41) is 4.74. The highest BCUT2D eigenvalue weighted by atomic mass is 32.2. The molecule has 1 aromatic rings. The summed E-state index contributed by atoms with van der Waals surface area (Å²) in [7, 11) is 0. The summed E-state index contributed by atoms with van der Waals surface area (Å²) >= 11 is 1.08. The van der Waals surface area contributed by atoms with Crippen molar-refractivity contribution in [3.8, 4) is 11.5 Å². The van der Waals surface area contributed by atoms with E-state index in [2.05, 4.69) is 10.6 Å². The number of para-hydroxylation sites is 2. The van der Waals surface area contributed by atoms with E-state index >= 15 is 0 Å². The zero-order valence-electron chi connectivity index (χ0n) is 13.8. The van der Waals surface area contributed by atoms with E-state index < -0.39 is 11.9 Å². The fourth-order valence-electron chi connectivity index (χ4n) is 2.01. The number of fused-ring (bicyclic) bond motifs is 1. The van der Waals surface area contributed by atoms with Gasteiger partial charge in [0.1, 0.15) is 6.61 Å². The first-order valence-corrected chi connectivity index (χ1v) is 8.93. The van der Waals surface area contributed by atoms with Crippen molar-refractivity contribution in [1.29, 1.82) is 0 Å². The van der Waals surface area contributed by atoms with Gasteiger partial charge < -0.3 is 19.5 Å². The van der Waals surface area contributed by atoms with Gasteiger partial charge in [-0.1, -0.05) is 12.1 Å². The minimum absolute atomic E-state index is 0.0113. The first kappa shape index (κ1) is 18.9. The van der Waals surface area contributed by atoms with Gasteiger partial charge in [-0.05, 0) is 19.1 Å². The Morgan fingerprint density at radius 1 is 1.24 bits per heavy atom. The molecule has 1 heterocycles. The molecular formula is C16H20N2O6S. The molecule has 0 fully saturated rings. The maximum atomic E-state index is 11.7. The van der Waals surface area contributed by atoms with Gasteiger partial charge in [-0.25, -0.2) is 4.79 Å². The fourth-order valence-corrected chi connectivity index (χ4v) is 2.62. The normalized spacial score (nSPS) is 15.2. The molecule has 136 valence electrons. The molecule has 2 rings (SSSR count). The van der Waals surface area contributed by atoms with Crippen LogP contribution in [0.5, 0.6) is 11.5 Å². The third-order valence-electron chi connectivity index (χ3n) is 3.07. The summed E-state index contributed by atoms with van der Waals surface area (Å²) in [5.41, 5.74) is 0. The maximum Gasteiger partial charge on any atom is 0.321 e. The molecule has 1 aliphatic heterocycles. The summed E-state index contributed by atoms with van der Waals surface area (Å²) in [6.45, 7) is 2.51. The first-order chi connectivity index (χ1) is 12.1. The van der Waals surface area contributed by atoms with Gasteiger partial charge in [0.15, 0.2) is 17.6 Å². The Hall–Kier alpha value is -2.42. The van der Waals surface area contributed by atoms with Gasteiger partial charge in [-0.3, -0.25) is 14.9 Å². The molecule has 1 aromatic carbocycles. The van der Waals surface area contributed by atoms with Crippen molar-refractivity contribution < 1.29 is 28.6 Å². The highest BCUT2D eigenvalue weighted by Crippen LogP contribution is 2.30. The minimum Gasteiger partial charge on any atom is -0.486 e. The van der Waals surface area contributed by atoms with Gasteiger partial charge in [-0.15, -0.1) is 11.8 Å². The number of urea groups is 1. The first-order valence-electron chi connectivity index (χ1n) is 7.78. The SMILES string of the molecule is CCOC(=O)CSCC(=O)NC(=O)NCC1COc2ccccc2O1. The lowest BCUT2D eigenvalue weighted by atomic mass is 10.2. The number of carbonyl (C=O) groups is 3. The van der Waals surface area contributed by atoms with Crippen LogP contribution < -0.4 is 20.1 Å². The number of carbonyl (C=O) groups excluding carboxylic acids is 3. The fraction of sp³-hybridized carbons (Fsp3) is 0.438. The molecule has 0 aromatic heterocycles. The van der Waals surface area contributed by atoms with Crippen LogP contribution in [0, 0.1) is 0 Å². The smallest absolute Gasteiger partial charge is 0.321 e. The number of esters is 1. The van der Waals surface area contributed by atoms with Crippen molar-refractivity contribution in [2.75, 3.05) is 31.3 Å². The summed E-state index contributed by atoms with van der Waals surface area (Å²) in [4.78, 5) is 34.4. The quantitative estimate of drug-likeness (QED) is 0.691. The van der Waals surface area contributed by atoms with E-state index in [1.54, 1.807) is 19.1 Å². The molecule has 0 bridgehead atoms. The lowest BCUT2D eigenvalue weighted by Crippen LogP contribution is -2.46. The van der Waals surface area contributed by atoms with Crippen LogP contribution in [0.4, 0.5) is 4.79 Å². The van der Waals surface area contributed by atoms with Crippen LogP contribution in [0.15, 0.2) is 24.3 Å². The molecule has 1 aliphatic rings. The second-order valence-corrected chi connectivity index (χ2v) is 6.04. The third kappa shape index (κ3) is 6.54. The Kier molecular flexibility index (Phi) is 7.39. The van der Waals surface area contributed by atoms with Crippen molar-refractivity contribution in [2.45, 2.75) is 13.0 Å². The highest BCUT2D eigenvalue weighted by molar-refractivity contribution is 8.00. The number of benzene rings is 1. The molecule has 8 nitrogen and oxygen atoms in total. The molecule has 9 heteroatoms. The Labute approximate surface area is 149 Å². The van der Waals surface area contributed by atoms with Crippen molar-refractivity contribution in [2.24, 2.45) is 0 Å². The van der Waals surface area contributed by atoms with Crippen LogP contribution in [-0.2, 0) is 14.3 Å². The van der Waals surface area contributed by atoms with Crippen LogP contribution in [0.3, 0.4) is 0 Å². The standard InChI is InChI=1S/C16H20N2O6S/c1-2-22-15(20)10-25-9-14(19)18-16(21)17-7-11-8-23-12-5-3-4-6-13(12)24-11/h3-6,11H,2,7-10H2,1H3,(H2,17,18,19,21). The van der Waals surface area contributed by atoms with Crippen LogP contribution in [0.2, 0.25) is 0 Å². The molecule has 1 atom stereocenters. The number of ether oxygens (including phenoxy) is 3.